The molecule has 0 amide bonds. The molecule has 4 nitrogen and oxygen atoms in total. The monoisotopic (exact) mass is 217 g/mol. The summed E-state index contributed by atoms with van der Waals surface area (Å²) in [5, 5.41) is 17.5. The van der Waals surface area contributed by atoms with Gasteiger partial charge in [0, 0.05) is 5.56 Å². The van der Waals surface area contributed by atoms with E-state index in [1.54, 1.807) is 0 Å². The van der Waals surface area contributed by atoms with Crippen molar-refractivity contribution in [3.63, 3.8) is 0 Å². The molecular formula is C12H11NO3. The van der Waals surface area contributed by atoms with Crippen LogP contribution in [0.5, 0.6) is 0 Å². The van der Waals surface area contributed by atoms with Gasteiger partial charge in [-0.2, -0.15) is 5.26 Å². The summed E-state index contributed by atoms with van der Waals surface area (Å²) in [6, 6.07) is 7.84. The van der Waals surface area contributed by atoms with Crippen LogP contribution in [0.4, 0.5) is 0 Å². The summed E-state index contributed by atoms with van der Waals surface area (Å²) < 4.78 is 0. The summed E-state index contributed by atoms with van der Waals surface area (Å²) in [4.78, 5) is 22.7. The van der Waals surface area contributed by atoms with Crippen molar-refractivity contribution in [2.75, 3.05) is 0 Å². The van der Waals surface area contributed by atoms with Crippen LogP contribution in [0, 0.1) is 16.7 Å². The average Bonchev–Trinajstić information content (AvgIpc) is 2.28. The number of hydrogen-bond acceptors (Lipinski definition) is 3. The van der Waals surface area contributed by atoms with Crippen molar-refractivity contribution in [2.45, 2.75) is 13.8 Å². The molecule has 0 atom stereocenters. The summed E-state index contributed by atoms with van der Waals surface area (Å²) in [5.74, 6) is -1.63. The van der Waals surface area contributed by atoms with E-state index in [-0.39, 0.29) is 0 Å². The van der Waals surface area contributed by atoms with E-state index < -0.39 is 17.2 Å². The van der Waals surface area contributed by atoms with Crippen LogP contribution in [0.3, 0.4) is 0 Å². The molecule has 0 saturated heterocycles. The summed E-state index contributed by atoms with van der Waals surface area (Å²) >= 11 is 0. The Morgan fingerprint density at radius 1 is 1.25 bits per heavy atom. The van der Waals surface area contributed by atoms with Gasteiger partial charge >= 0.3 is 5.97 Å². The van der Waals surface area contributed by atoms with Crippen LogP contribution in [-0.4, -0.2) is 16.9 Å². The smallest absolute Gasteiger partial charge is 0.316 e. The molecule has 4 heteroatoms. The second kappa shape index (κ2) is 4.15. The molecule has 0 saturated carbocycles. The molecule has 82 valence electrons. The summed E-state index contributed by atoms with van der Waals surface area (Å²) in [6.07, 6.45) is 0. The van der Waals surface area contributed by atoms with Gasteiger partial charge in [0.1, 0.15) is 5.41 Å². The van der Waals surface area contributed by atoms with Crippen molar-refractivity contribution in [3.8, 4) is 6.07 Å². The lowest BCUT2D eigenvalue weighted by atomic mass is 9.84. The number of benzene rings is 1. The van der Waals surface area contributed by atoms with E-state index in [0.29, 0.717) is 11.1 Å². The number of hydrogen-bond donors (Lipinski definition) is 1. The Morgan fingerprint density at radius 2 is 1.75 bits per heavy atom. The van der Waals surface area contributed by atoms with E-state index in [2.05, 4.69) is 0 Å². The first-order chi connectivity index (χ1) is 7.39. The minimum absolute atomic E-state index is 0.298. The third-order valence-corrected chi connectivity index (χ3v) is 2.38. The molecule has 1 aromatic rings. The summed E-state index contributed by atoms with van der Waals surface area (Å²) in [7, 11) is 0. The highest BCUT2D eigenvalue weighted by Crippen LogP contribution is 2.22. The highest BCUT2D eigenvalue weighted by Gasteiger charge is 2.36. The Labute approximate surface area is 93.1 Å². The maximum absolute atomic E-state index is 11.8. The Hall–Kier alpha value is -2.15. The molecule has 0 bridgehead atoms. The predicted molar refractivity (Wildman–Crippen MR) is 56.9 cm³/mol. The van der Waals surface area contributed by atoms with Crippen molar-refractivity contribution in [1.29, 1.82) is 5.26 Å². The van der Waals surface area contributed by atoms with Gasteiger partial charge in [0.2, 0.25) is 0 Å². The lowest BCUT2D eigenvalue weighted by Crippen LogP contribution is -2.33. The van der Waals surface area contributed by atoms with Crippen LogP contribution >= 0.6 is 0 Å². The summed E-state index contributed by atoms with van der Waals surface area (Å²) in [6.45, 7) is 2.71. The Kier molecular flexibility index (Phi) is 3.09. The number of ketones is 1. The van der Waals surface area contributed by atoms with Gasteiger partial charge in [-0.25, -0.2) is 0 Å². The van der Waals surface area contributed by atoms with Gasteiger partial charge in [-0.1, -0.05) is 12.1 Å². The number of carboxylic acid groups (broad SMARTS) is 1. The standard InChI is InChI=1S/C12H11NO3/c1-12(2,11(15)16)10(14)9-5-3-8(7-13)4-6-9/h3-6H,1-2H3,(H,15,16). The summed E-state index contributed by atoms with van der Waals surface area (Å²) in [5.41, 5.74) is -0.718. The van der Waals surface area contributed by atoms with Crippen molar-refractivity contribution in [2.24, 2.45) is 5.41 Å². The van der Waals surface area contributed by atoms with Crippen LogP contribution in [-0.2, 0) is 4.79 Å². The Bertz CT molecular complexity index is 466. The van der Waals surface area contributed by atoms with E-state index >= 15 is 0 Å². The number of Topliss-reactive ketones (excluding diaryl/α,β-unsaturated/α-hetero) is 1. The zero-order valence-electron chi connectivity index (χ0n) is 9.02. The first-order valence-electron chi connectivity index (χ1n) is 4.68. The van der Waals surface area contributed by atoms with Crippen LogP contribution in [0.15, 0.2) is 24.3 Å². The van der Waals surface area contributed by atoms with Gasteiger partial charge in [0.15, 0.2) is 5.78 Å². The normalized spacial score (nSPS) is 10.6. The molecule has 0 aliphatic rings. The highest BCUT2D eigenvalue weighted by atomic mass is 16.4. The van der Waals surface area contributed by atoms with Crippen LogP contribution in [0.25, 0.3) is 0 Å². The number of rotatable bonds is 3. The third kappa shape index (κ3) is 2.09. The molecule has 0 fully saturated rings. The Balaban J connectivity index is 3.07. The van der Waals surface area contributed by atoms with Gasteiger partial charge in [-0.15, -0.1) is 0 Å². The zero-order chi connectivity index (χ0) is 12.3. The van der Waals surface area contributed by atoms with Crippen LogP contribution in [0.1, 0.15) is 29.8 Å². The van der Waals surface area contributed by atoms with Gasteiger partial charge < -0.3 is 5.11 Å². The van der Waals surface area contributed by atoms with Crippen molar-refractivity contribution >= 4 is 11.8 Å². The fraction of sp³-hybridized carbons (Fsp3) is 0.250. The fourth-order valence-electron chi connectivity index (χ4n) is 1.15. The highest BCUT2D eigenvalue weighted by molar-refractivity contribution is 6.11. The lowest BCUT2D eigenvalue weighted by molar-refractivity contribution is -0.144. The van der Waals surface area contributed by atoms with Crippen molar-refractivity contribution in [1.82, 2.24) is 0 Å². The molecule has 16 heavy (non-hydrogen) atoms. The molecule has 0 radical (unpaired) electrons. The molecule has 0 aliphatic carbocycles. The number of carboxylic acids is 1. The zero-order valence-corrected chi connectivity index (χ0v) is 9.02. The molecule has 1 N–H and O–H groups in total. The first kappa shape index (κ1) is 11.9. The SMILES string of the molecule is CC(C)(C(=O)O)C(=O)c1ccc(C#N)cc1. The molecule has 0 heterocycles. The quantitative estimate of drug-likeness (QED) is 0.619. The molecule has 0 spiro atoms. The molecule has 1 rings (SSSR count). The number of carbonyl (C=O) groups excluding carboxylic acids is 1. The molecule has 0 aromatic heterocycles. The van der Waals surface area contributed by atoms with Gasteiger partial charge in [-0.3, -0.25) is 9.59 Å². The lowest BCUT2D eigenvalue weighted by Gasteiger charge is -2.17. The topological polar surface area (TPSA) is 78.2 Å². The van der Waals surface area contributed by atoms with Crippen molar-refractivity contribution in [3.05, 3.63) is 35.4 Å². The molecule has 1 aromatic carbocycles. The van der Waals surface area contributed by atoms with Gasteiger partial charge in [0.05, 0.1) is 11.6 Å². The van der Waals surface area contributed by atoms with Gasteiger partial charge in [-0.05, 0) is 26.0 Å². The first-order valence-corrected chi connectivity index (χ1v) is 4.68. The number of aliphatic carboxylic acids is 1. The van der Waals surface area contributed by atoms with Crippen LogP contribution in [0.2, 0.25) is 0 Å². The van der Waals surface area contributed by atoms with Gasteiger partial charge in [0.25, 0.3) is 0 Å². The van der Waals surface area contributed by atoms with E-state index in [9.17, 15) is 9.59 Å². The fourth-order valence-corrected chi connectivity index (χ4v) is 1.15. The maximum Gasteiger partial charge on any atom is 0.316 e. The molecule has 0 aliphatic heterocycles. The number of nitrogens with zero attached hydrogens (tertiary/aromatic N) is 1. The number of carbonyl (C=O) groups is 2. The minimum Gasteiger partial charge on any atom is -0.481 e. The van der Waals surface area contributed by atoms with Crippen molar-refractivity contribution < 1.29 is 14.7 Å². The second-order valence-electron chi connectivity index (χ2n) is 3.95. The predicted octanol–water partition coefficient (Wildman–Crippen LogP) is 1.85. The van der Waals surface area contributed by atoms with E-state index in [1.807, 2.05) is 6.07 Å². The van der Waals surface area contributed by atoms with E-state index in [4.69, 9.17) is 10.4 Å². The number of nitriles is 1. The average molecular weight is 217 g/mol. The van der Waals surface area contributed by atoms with E-state index in [0.717, 1.165) is 0 Å². The Morgan fingerprint density at radius 3 is 2.12 bits per heavy atom. The van der Waals surface area contributed by atoms with E-state index in [1.165, 1.54) is 38.1 Å². The minimum atomic E-state index is -1.45. The third-order valence-electron chi connectivity index (χ3n) is 2.38. The molecular weight excluding hydrogens is 206 g/mol. The second-order valence-corrected chi connectivity index (χ2v) is 3.95. The maximum atomic E-state index is 11.8. The molecule has 0 unspecified atom stereocenters. The van der Waals surface area contributed by atoms with Crippen LogP contribution < -0.4 is 0 Å². The largest absolute Gasteiger partial charge is 0.481 e.